The maximum Gasteiger partial charge on any atom is 0.314 e. The standard InChI is InChI=1S/C10H21N3O3/c11-10(15)13-4-1-9(2-5-13)12-3-7-16-8-6-14/h9,12,14H,1-8H2,(H2,11,15). The van der Waals surface area contributed by atoms with Gasteiger partial charge in [0.15, 0.2) is 0 Å². The van der Waals surface area contributed by atoms with Crippen LogP contribution in [0.1, 0.15) is 12.8 Å². The fraction of sp³-hybridized carbons (Fsp3) is 0.900. The maximum absolute atomic E-state index is 10.9. The molecule has 0 radical (unpaired) electrons. The molecular formula is C10H21N3O3. The first kappa shape index (κ1) is 13.2. The molecule has 0 bridgehead atoms. The molecule has 16 heavy (non-hydrogen) atoms. The van der Waals surface area contributed by atoms with Gasteiger partial charge in [-0.05, 0) is 12.8 Å². The van der Waals surface area contributed by atoms with Crippen LogP contribution in [-0.4, -0.2) is 61.5 Å². The van der Waals surface area contributed by atoms with Crippen LogP contribution in [0.3, 0.4) is 0 Å². The van der Waals surface area contributed by atoms with Gasteiger partial charge in [-0.2, -0.15) is 0 Å². The van der Waals surface area contributed by atoms with Gasteiger partial charge in [0.2, 0.25) is 0 Å². The summed E-state index contributed by atoms with van der Waals surface area (Å²) in [6, 6.07) is 0.109. The van der Waals surface area contributed by atoms with Gasteiger partial charge in [-0.3, -0.25) is 0 Å². The number of nitrogens with two attached hydrogens (primary N) is 1. The van der Waals surface area contributed by atoms with Crippen molar-refractivity contribution in [2.24, 2.45) is 5.73 Å². The highest BCUT2D eigenvalue weighted by atomic mass is 16.5. The topological polar surface area (TPSA) is 87.8 Å². The molecule has 1 rings (SSSR count). The molecule has 6 nitrogen and oxygen atoms in total. The Morgan fingerprint density at radius 2 is 2.12 bits per heavy atom. The predicted molar refractivity (Wildman–Crippen MR) is 60.1 cm³/mol. The number of hydrogen-bond acceptors (Lipinski definition) is 4. The molecule has 94 valence electrons. The van der Waals surface area contributed by atoms with Gasteiger partial charge in [0.1, 0.15) is 0 Å². The molecule has 1 heterocycles. The Labute approximate surface area is 95.7 Å². The number of likely N-dealkylation sites (tertiary alicyclic amines) is 1. The summed E-state index contributed by atoms with van der Waals surface area (Å²) < 4.78 is 5.14. The summed E-state index contributed by atoms with van der Waals surface area (Å²) in [5.41, 5.74) is 5.19. The predicted octanol–water partition coefficient (Wildman–Crippen LogP) is -0.872. The van der Waals surface area contributed by atoms with Crippen LogP contribution in [0.4, 0.5) is 4.79 Å². The van der Waals surface area contributed by atoms with Crippen molar-refractivity contribution in [3.63, 3.8) is 0 Å². The summed E-state index contributed by atoms with van der Waals surface area (Å²) >= 11 is 0. The van der Waals surface area contributed by atoms with Crippen LogP contribution in [0, 0.1) is 0 Å². The number of ether oxygens (including phenoxy) is 1. The van der Waals surface area contributed by atoms with Crippen LogP contribution in [0.5, 0.6) is 0 Å². The zero-order chi connectivity index (χ0) is 11.8. The van der Waals surface area contributed by atoms with Gasteiger partial charge >= 0.3 is 6.03 Å². The number of hydrogen-bond donors (Lipinski definition) is 3. The Morgan fingerprint density at radius 3 is 2.69 bits per heavy atom. The van der Waals surface area contributed by atoms with Crippen molar-refractivity contribution in [3.05, 3.63) is 0 Å². The van der Waals surface area contributed by atoms with E-state index in [1.54, 1.807) is 4.90 Å². The van der Waals surface area contributed by atoms with Crippen LogP contribution in [-0.2, 0) is 4.74 Å². The molecule has 1 fully saturated rings. The summed E-state index contributed by atoms with van der Waals surface area (Å²) in [7, 11) is 0. The van der Waals surface area contributed by atoms with Crippen molar-refractivity contribution in [1.29, 1.82) is 0 Å². The fourth-order valence-electron chi connectivity index (χ4n) is 1.81. The Kier molecular flexibility index (Phi) is 6.14. The van der Waals surface area contributed by atoms with E-state index in [0.717, 1.165) is 32.5 Å². The Bertz CT molecular complexity index is 205. The molecule has 4 N–H and O–H groups in total. The van der Waals surface area contributed by atoms with Gasteiger partial charge in [-0.1, -0.05) is 0 Å². The highest BCUT2D eigenvalue weighted by Gasteiger charge is 2.20. The van der Waals surface area contributed by atoms with Gasteiger partial charge in [-0.25, -0.2) is 4.79 Å². The van der Waals surface area contributed by atoms with E-state index in [9.17, 15) is 4.79 Å². The van der Waals surface area contributed by atoms with Crippen molar-refractivity contribution in [3.8, 4) is 0 Å². The quantitative estimate of drug-likeness (QED) is 0.518. The molecule has 0 aliphatic carbocycles. The van der Waals surface area contributed by atoms with Crippen molar-refractivity contribution >= 4 is 6.03 Å². The second-order valence-corrected chi connectivity index (χ2v) is 3.89. The summed E-state index contributed by atoms with van der Waals surface area (Å²) in [6.45, 7) is 3.30. The van der Waals surface area contributed by atoms with Gasteiger partial charge in [0.25, 0.3) is 0 Å². The average Bonchev–Trinajstić information content (AvgIpc) is 2.29. The van der Waals surface area contributed by atoms with Gasteiger partial charge in [0.05, 0.1) is 19.8 Å². The third kappa shape index (κ3) is 4.78. The molecule has 0 aromatic rings. The molecule has 0 saturated carbocycles. The lowest BCUT2D eigenvalue weighted by atomic mass is 10.1. The average molecular weight is 231 g/mol. The zero-order valence-corrected chi connectivity index (χ0v) is 9.52. The normalized spacial score (nSPS) is 17.7. The molecule has 6 heteroatoms. The number of carbonyl (C=O) groups is 1. The van der Waals surface area contributed by atoms with Crippen LogP contribution < -0.4 is 11.1 Å². The number of urea groups is 1. The van der Waals surface area contributed by atoms with Crippen LogP contribution in [0.25, 0.3) is 0 Å². The van der Waals surface area contributed by atoms with Crippen molar-refractivity contribution in [2.45, 2.75) is 18.9 Å². The first-order valence-corrected chi connectivity index (χ1v) is 5.70. The minimum Gasteiger partial charge on any atom is -0.394 e. The zero-order valence-electron chi connectivity index (χ0n) is 9.52. The molecule has 0 spiro atoms. The summed E-state index contributed by atoms with van der Waals surface area (Å²) in [5.74, 6) is 0. The smallest absolute Gasteiger partial charge is 0.314 e. The lowest BCUT2D eigenvalue weighted by Crippen LogP contribution is -2.47. The lowest BCUT2D eigenvalue weighted by molar-refractivity contribution is 0.0909. The largest absolute Gasteiger partial charge is 0.394 e. The molecule has 0 atom stereocenters. The molecule has 0 aromatic heterocycles. The number of carbonyl (C=O) groups excluding carboxylic acids is 1. The van der Waals surface area contributed by atoms with Gasteiger partial charge in [0, 0.05) is 25.7 Å². The highest BCUT2D eigenvalue weighted by Crippen LogP contribution is 2.09. The Hall–Kier alpha value is -0.850. The number of aliphatic hydroxyl groups is 1. The molecule has 0 unspecified atom stereocenters. The van der Waals surface area contributed by atoms with Crippen LogP contribution >= 0.6 is 0 Å². The van der Waals surface area contributed by atoms with E-state index < -0.39 is 0 Å². The van der Waals surface area contributed by atoms with Gasteiger partial charge in [-0.15, -0.1) is 0 Å². The minimum absolute atomic E-state index is 0.0665. The first-order chi connectivity index (χ1) is 7.74. The van der Waals surface area contributed by atoms with E-state index in [0.29, 0.717) is 19.3 Å². The SMILES string of the molecule is NC(=O)N1CCC(NCCOCCO)CC1. The molecule has 2 amide bonds. The van der Waals surface area contributed by atoms with Crippen molar-refractivity contribution < 1.29 is 14.6 Å². The summed E-state index contributed by atoms with van der Waals surface area (Å²) in [5, 5.41) is 11.9. The molecule has 1 aliphatic heterocycles. The van der Waals surface area contributed by atoms with E-state index in [1.807, 2.05) is 0 Å². The van der Waals surface area contributed by atoms with E-state index in [4.69, 9.17) is 15.6 Å². The van der Waals surface area contributed by atoms with Crippen LogP contribution in [0.15, 0.2) is 0 Å². The van der Waals surface area contributed by atoms with Crippen LogP contribution in [0.2, 0.25) is 0 Å². The van der Waals surface area contributed by atoms with E-state index >= 15 is 0 Å². The number of rotatable bonds is 6. The number of nitrogens with zero attached hydrogens (tertiary/aromatic N) is 1. The Morgan fingerprint density at radius 1 is 1.44 bits per heavy atom. The summed E-state index contributed by atoms with van der Waals surface area (Å²) in [6.07, 6.45) is 1.87. The number of aliphatic hydroxyl groups excluding tert-OH is 1. The Balaban J connectivity index is 2.02. The third-order valence-corrected chi connectivity index (χ3v) is 2.72. The molecule has 1 saturated heterocycles. The number of piperidine rings is 1. The molecule has 0 aromatic carbocycles. The molecule has 1 aliphatic rings. The first-order valence-electron chi connectivity index (χ1n) is 5.70. The summed E-state index contributed by atoms with van der Waals surface area (Å²) in [4.78, 5) is 12.5. The van der Waals surface area contributed by atoms with Gasteiger partial charge < -0.3 is 25.8 Å². The number of nitrogens with one attached hydrogen (secondary N) is 1. The number of primary amides is 1. The lowest BCUT2D eigenvalue weighted by Gasteiger charge is -2.31. The highest BCUT2D eigenvalue weighted by molar-refractivity contribution is 5.72. The monoisotopic (exact) mass is 231 g/mol. The van der Waals surface area contributed by atoms with E-state index in [-0.39, 0.29) is 12.6 Å². The number of amides is 2. The van der Waals surface area contributed by atoms with E-state index in [2.05, 4.69) is 5.32 Å². The molecular weight excluding hydrogens is 210 g/mol. The third-order valence-electron chi connectivity index (χ3n) is 2.72. The van der Waals surface area contributed by atoms with Crippen molar-refractivity contribution in [1.82, 2.24) is 10.2 Å². The fourth-order valence-corrected chi connectivity index (χ4v) is 1.81. The van der Waals surface area contributed by atoms with E-state index in [1.165, 1.54) is 0 Å². The maximum atomic E-state index is 10.9. The van der Waals surface area contributed by atoms with Crippen molar-refractivity contribution in [2.75, 3.05) is 39.5 Å². The minimum atomic E-state index is -0.329. The second kappa shape index (κ2) is 7.43. The second-order valence-electron chi connectivity index (χ2n) is 3.89.